The number of carboxylic acid groups (broad SMARTS) is 1. The molecule has 0 spiro atoms. The van der Waals surface area contributed by atoms with Crippen molar-refractivity contribution in [2.75, 3.05) is 6.61 Å². The van der Waals surface area contributed by atoms with Crippen molar-refractivity contribution in [3.05, 3.63) is 29.8 Å². The van der Waals surface area contributed by atoms with E-state index in [-0.39, 0.29) is 6.61 Å². The molecule has 0 aliphatic rings. The number of rotatable bonds is 5. The van der Waals surface area contributed by atoms with Gasteiger partial charge in [-0.2, -0.15) is 0 Å². The van der Waals surface area contributed by atoms with Crippen LogP contribution in [0.15, 0.2) is 24.3 Å². The van der Waals surface area contributed by atoms with Crippen molar-refractivity contribution in [3.8, 4) is 5.75 Å². The number of hydrogen-bond donors (Lipinski definition) is 2. The van der Waals surface area contributed by atoms with Crippen LogP contribution in [0.2, 0.25) is 0 Å². The third kappa shape index (κ3) is 3.59. The molecule has 1 rings (SSSR count). The van der Waals surface area contributed by atoms with E-state index in [1.165, 1.54) is 5.56 Å². The van der Waals surface area contributed by atoms with Crippen LogP contribution in [-0.4, -0.2) is 23.7 Å². The number of hydrogen-bond acceptors (Lipinski definition) is 3. The van der Waals surface area contributed by atoms with Gasteiger partial charge in [-0.05, 0) is 24.1 Å². The molecule has 3 N–H and O–H groups in total. The Bertz CT molecular complexity index is 321. The molecule has 0 saturated carbocycles. The van der Waals surface area contributed by atoms with E-state index in [0.29, 0.717) is 5.75 Å². The minimum absolute atomic E-state index is 0.0131. The number of benzene rings is 1. The molecule has 4 nitrogen and oxygen atoms in total. The lowest BCUT2D eigenvalue weighted by atomic mass is 10.2. The average Bonchev–Trinajstić information content (AvgIpc) is 2.26. The average molecular weight is 209 g/mol. The monoisotopic (exact) mass is 209 g/mol. The Morgan fingerprint density at radius 1 is 1.47 bits per heavy atom. The second-order valence-corrected chi connectivity index (χ2v) is 3.25. The topological polar surface area (TPSA) is 72.5 Å². The lowest BCUT2D eigenvalue weighted by Gasteiger charge is -2.09. The van der Waals surface area contributed by atoms with Crippen LogP contribution in [0.1, 0.15) is 12.5 Å². The number of aliphatic carboxylic acids is 1. The Morgan fingerprint density at radius 2 is 2.07 bits per heavy atom. The molecule has 0 aliphatic carbocycles. The fourth-order valence-electron chi connectivity index (χ4n) is 1.08. The molecule has 0 amide bonds. The second kappa shape index (κ2) is 5.36. The molecule has 1 aromatic rings. The van der Waals surface area contributed by atoms with E-state index in [9.17, 15) is 4.79 Å². The van der Waals surface area contributed by atoms with E-state index in [0.717, 1.165) is 6.42 Å². The zero-order valence-electron chi connectivity index (χ0n) is 8.64. The second-order valence-electron chi connectivity index (χ2n) is 3.25. The minimum Gasteiger partial charge on any atom is -0.491 e. The molecule has 0 aromatic heterocycles. The van der Waals surface area contributed by atoms with Crippen LogP contribution >= 0.6 is 0 Å². The van der Waals surface area contributed by atoms with E-state index in [4.69, 9.17) is 15.6 Å². The van der Waals surface area contributed by atoms with Crippen molar-refractivity contribution in [2.45, 2.75) is 19.4 Å². The lowest BCUT2D eigenvalue weighted by molar-refractivity contribution is -0.139. The molecule has 0 saturated heterocycles. The highest BCUT2D eigenvalue weighted by molar-refractivity contribution is 5.73. The molecule has 0 fully saturated rings. The van der Waals surface area contributed by atoms with Crippen molar-refractivity contribution < 1.29 is 14.6 Å². The van der Waals surface area contributed by atoms with Crippen molar-refractivity contribution in [2.24, 2.45) is 5.73 Å². The number of carbonyl (C=O) groups is 1. The Morgan fingerprint density at radius 3 is 2.53 bits per heavy atom. The summed E-state index contributed by atoms with van der Waals surface area (Å²) in [5, 5.41) is 8.54. The van der Waals surface area contributed by atoms with Crippen LogP contribution in [-0.2, 0) is 11.2 Å². The van der Waals surface area contributed by atoms with Crippen molar-refractivity contribution in [1.29, 1.82) is 0 Å². The summed E-state index contributed by atoms with van der Waals surface area (Å²) < 4.78 is 5.22. The molecule has 82 valence electrons. The molecule has 15 heavy (non-hydrogen) atoms. The lowest BCUT2D eigenvalue weighted by Crippen LogP contribution is -2.36. The van der Waals surface area contributed by atoms with Crippen LogP contribution in [0.3, 0.4) is 0 Å². The van der Waals surface area contributed by atoms with Gasteiger partial charge in [0.15, 0.2) is 0 Å². The van der Waals surface area contributed by atoms with Gasteiger partial charge in [-0.15, -0.1) is 0 Å². The van der Waals surface area contributed by atoms with Crippen LogP contribution in [0.5, 0.6) is 5.75 Å². The third-order valence-electron chi connectivity index (χ3n) is 2.08. The predicted molar refractivity (Wildman–Crippen MR) is 56.9 cm³/mol. The maximum absolute atomic E-state index is 10.4. The van der Waals surface area contributed by atoms with Crippen molar-refractivity contribution in [3.63, 3.8) is 0 Å². The largest absolute Gasteiger partial charge is 0.491 e. The fraction of sp³-hybridized carbons (Fsp3) is 0.364. The van der Waals surface area contributed by atoms with E-state index >= 15 is 0 Å². The van der Waals surface area contributed by atoms with Gasteiger partial charge in [0.05, 0.1) is 0 Å². The molecule has 0 heterocycles. The summed E-state index contributed by atoms with van der Waals surface area (Å²) in [6.07, 6.45) is 0.967. The van der Waals surface area contributed by atoms with Crippen molar-refractivity contribution in [1.82, 2.24) is 0 Å². The molecule has 0 bridgehead atoms. The summed E-state index contributed by atoms with van der Waals surface area (Å²) in [7, 11) is 0. The van der Waals surface area contributed by atoms with Gasteiger partial charge >= 0.3 is 5.97 Å². The Balaban J connectivity index is 2.47. The van der Waals surface area contributed by atoms with E-state index in [2.05, 4.69) is 6.92 Å². The molecule has 4 heteroatoms. The van der Waals surface area contributed by atoms with Gasteiger partial charge in [0, 0.05) is 0 Å². The van der Waals surface area contributed by atoms with Gasteiger partial charge in [-0.1, -0.05) is 19.1 Å². The van der Waals surface area contributed by atoms with Crippen molar-refractivity contribution >= 4 is 5.97 Å². The smallest absolute Gasteiger partial charge is 0.324 e. The summed E-state index contributed by atoms with van der Waals surface area (Å²) >= 11 is 0. The summed E-state index contributed by atoms with van der Waals surface area (Å²) in [5.41, 5.74) is 6.51. The molecular weight excluding hydrogens is 194 g/mol. The first-order chi connectivity index (χ1) is 7.13. The first-order valence-electron chi connectivity index (χ1n) is 4.83. The standard InChI is InChI=1S/C11H15NO3/c1-2-8-3-5-9(6-4-8)15-7-10(12)11(13)14/h3-6,10H,2,7,12H2,1H3,(H,13,14). The van der Waals surface area contributed by atoms with Gasteiger partial charge in [-0.3, -0.25) is 4.79 Å². The first-order valence-corrected chi connectivity index (χ1v) is 4.83. The predicted octanol–water partition coefficient (Wildman–Crippen LogP) is 1.04. The molecule has 1 unspecified atom stereocenters. The van der Waals surface area contributed by atoms with E-state index < -0.39 is 12.0 Å². The minimum atomic E-state index is -1.06. The molecule has 1 aromatic carbocycles. The maximum atomic E-state index is 10.4. The van der Waals surface area contributed by atoms with E-state index in [1.807, 2.05) is 24.3 Å². The number of ether oxygens (including phenoxy) is 1. The van der Waals surface area contributed by atoms with E-state index in [1.54, 1.807) is 0 Å². The van der Waals surface area contributed by atoms with Gasteiger partial charge in [0.1, 0.15) is 18.4 Å². The SMILES string of the molecule is CCc1ccc(OCC(N)C(=O)O)cc1. The zero-order valence-corrected chi connectivity index (χ0v) is 8.64. The van der Waals surface area contributed by atoms with Crippen LogP contribution in [0, 0.1) is 0 Å². The third-order valence-corrected chi connectivity index (χ3v) is 2.08. The van der Waals surface area contributed by atoms with Crippen LogP contribution < -0.4 is 10.5 Å². The number of nitrogens with two attached hydrogens (primary N) is 1. The molecule has 0 aliphatic heterocycles. The first kappa shape index (κ1) is 11.5. The highest BCUT2D eigenvalue weighted by Crippen LogP contribution is 2.12. The number of aryl methyl sites for hydroxylation is 1. The van der Waals surface area contributed by atoms with Crippen LogP contribution in [0.25, 0.3) is 0 Å². The quantitative estimate of drug-likeness (QED) is 0.760. The highest BCUT2D eigenvalue weighted by atomic mass is 16.5. The molecule has 0 radical (unpaired) electrons. The van der Waals surface area contributed by atoms with Gasteiger partial charge in [-0.25, -0.2) is 0 Å². The normalized spacial score (nSPS) is 12.1. The summed E-state index contributed by atoms with van der Waals surface area (Å²) in [5.74, 6) is -0.413. The Kier molecular flexibility index (Phi) is 4.12. The van der Waals surface area contributed by atoms with Gasteiger partial charge in [0.25, 0.3) is 0 Å². The molecular formula is C11H15NO3. The summed E-state index contributed by atoms with van der Waals surface area (Å²) in [4.78, 5) is 10.4. The van der Waals surface area contributed by atoms with Crippen LogP contribution in [0.4, 0.5) is 0 Å². The Hall–Kier alpha value is -1.55. The van der Waals surface area contributed by atoms with Gasteiger partial charge in [0.2, 0.25) is 0 Å². The highest BCUT2D eigenvalue weighted by Gasteiger charge is 2.11. The molecule has 1 atom stereocenters. The summed E-state index contributed by atoms with van der Waals surface area (Å²) in [6.45, 7) is 2.05. The fourth-order valence-corrected chi connectivity index (χ4v) is 1.08. The van der Waals surface area contributed by atoms with Gasteiger partial charge < -0.3 is 15.6 Å². The Labute approximate surface area is 88.7 Å². The zero-order chi connectivity index (χ0) is 11.3. The maximum Gasteiger partial charge on any atom is 0.324 e. The number of carboxylic acids is 1. The summed E-state index contributed by atoms with van der Waals surface area (Å²) in [6, 6.07) is 6.54.